The van der Waals surface area contributed by atoms with Gasteiger partial charge in [0.25, 0.3) is 0 Å². The zero-order chi connectivity index (χ0) is 18.0. The van der Waals surface area contributed by atoms with Gasteiger partial charge in [-0.05, 0) is 31.5 Å². The predicted molar refractivity (Wildman–Crippen MR) is 101 cm³/mol. The summed E-state index contributed by atoms with van der Waals surface area (Å²) in [5, 5.41) is 8.17. The number of imidazole rings is 1. The van der Waals surface area contributed by atoms with E-state index < -0.39 is 0 Å². The normalized spacial score (nSPS) is 12.4. The van der Waals surface area contributed by atoms with Crippen molar-refractivity contribution in [2.75, 3.05) is 19.0 Å². The van der Waals surface area contributed by atoms with Crippen molar-refractivity contribution in [1.29, 1.82) is 0 Å². The van der Waals surface area contributed by atoms with Gasteiger partial charge in [-0.1, -0.05) is 12.1 Å². The van der Waals surface area contributed by atoms with E-state index in [9.17, 15) is 0 Å². The van der Waals surface area contributed by atoms with Gasteiger partial charge in [-0.15, -0.1) is 0 Å². The van der Waals surface area contributed by atoms with Crippen LogP contribution in [-0.2, 0) is 13.6 Å². The summed E-state index contributed by atoms with van der Waals surface area (Å²) >= 11 is 0. The topological polar surface area (TPSA) is 50.9 Å². The SMILES string of the molecule is Cc1nn(C)c(N(C)C)c1CN[C@H](C)c1ccc(-n2ccnc2)cc1. The van der Waals surface area contributed by atoms with Gasteiger partial charge >= 0.3 is 0 Å². The highest BCUT2D eigenvalue weighted by atomic mass is 15.4. The summed E-state index contributed by atoms with van der Waals surface area (Å²) in [6.07, 6.45) is 5.55. The van der Waals surface area contributed by atoms with Crippen LogP contribution < -0.4 is 10.2 Å². The highest BCUT2D eigenvalue weighted by Gasteiger charge is 2.16. The molecule has 1 atom stereocenters. The molecule has 0 unspecified atom stereocenters. The molecule has 6 nitrogen and oxygen atoms in total. The number of aryl methyl sites for hydroxylation is 2. The minimum absolute atomic E-state index is 0.256. The molecule has 0 spiro atoms. The molecule has 3 rings (SSSR count). The Morgan fingerprint density at radius 3 is 2.52 bits per heavy atom. The summed E-state index contributed by atoms with van der Waals surface area (Å²) in [5.41, 5.74) is 4.69. The molecule has 0 aliphatic rings. The van der Waals surface area contributed by atoms with E-state index >= 15 is 0 Å². The first-order chi connectivity index (χ1) is 12.0. The number of hydrogen-bond donors (Lipinski definition) is 1. The van der Waals surface area contributed by atoms with Crippen molar-refractivity contribution in [2.45, 2.75) is 26.4 Å². The molecule has 3 aromatic rings. The minimum Gasteiger partial charge on any atom is -0.363 e. The second-order valence-electron chi connectivity index (χ2n) is 6.57. The third-order valence-electron chi connectivity index (χ3n) is 4.52. The first-order valence-electron chi connectivity index (χ1n) is 8.49. The van der Waals surface area contributed by atoms with Crippen molar-refractivity contribution in [3.8, 4) is 5.69 Å². The van der Waals surface area contributed by atoms with Crippen LogP contribution in [-0.4, -0.2) is 33.4 Å². The molecule has 0 fully saturated rings. The summed E-state index contributed by atoms with van der Waals surface area (Å²) in [5.74, 6) is 1.15. The molecule has 0 aliphatic heterocycles. The monoisotopic (exact) mass is 338 g/mol. The van der Waals surface area contributed by atoms with Gasteiger partial charge in [0.2, 0.25) is 0 Å². The number of hydrogen-bond acceptors (Lipinski definition) is 4. The van der Waals surface area contributed by atoms with Crippen LogP contribution >= 0.6 is 0 Å². The van der Waals surface area contributed by atoms with Crippen molar-refractivity contribution in [2.24, 2.45) is 7.05 Å². The average Bonchev–Trinajstić information content (AvgIpc) is 3.20. The number of benzene rings is 1. The Kier molecular flexibility index (Phi) is 4.90. The minimum atomic E-state index is 0.256. The quantitative estimate of drug-likeness (QED) is 0.751. The predicted octanol–water partition coefficient (Wildman–Crippen LogP) is 2.83. The lowest BCUT2D eigenvalue weighted by atomic mass is 10.1. The highest BCUT2D eigenvalue weighted by molar-refractivity contribution is 5.49. The molecule has 0 amide bonds. The van der Waals surface area contributed by atoms with Gasteiger partial charge < -0.3 is 14.8 Å². The van der Waals surface area contributed by atoms with Crippen LogP contribution in [0.15, 0.2) is 43.0 Å². The van der Waals surface area contributed by atoms with Crippen molar-refractivity contribution in [3.63, 3.8) is 0 Å². The first kappa shape index (κ1) is 17.2. The molecule has 0 bridgehead atoms. The Morgan fingerprint density at radius 1 is 1.20 bits per heavy atom. The fourth-order valence-corrected chi connectivity index (χ4v) is 3.18. The van der Waals surface area contributed by atoms with Crippen LogP contribution in [0.25, 0.3) is 5.69 Å². The van der Waals surface area contributed by atoms with Crippen LogP contribution in [0.5, 0.6) is 0 Å². The molecular formula is C19H26N6. The molecule has 1 N–H and O–H groups in total. The molecule has 132 valence electrons. The Bertz CT molecular complexity index is 814. The van der Waals surface area contributed by atoms with Crippen LogP contribution in [0, 0.1) is 6.92 Å². The number of nitrogens with zero attached hydrogens (tertiary/aromatic N) is 5. The summed E-state index contributed by atoms with van der Waals surface area (Å²) in [7, 11) is 6.10. The van der Waals surface area contributed by atoms with E-state index in [1.54, 1.807) is 6.20 Å². The fraction of sp³-hybridized carbons (Fsp3) is 0.368. The summed E-state index contributed by atoms with van der Waals surface area (Å²) in [4.78, 5) is 6.20. The lowest BCUT2D eigenvalue weighted by molar-refractivity contribution is 0.573. The lowest BCUT2D eigenvalue weighted by Crippen LogP contribution is -2.21. The van der Waals surface area contributed by atoms with Gasteiger partial charge in [0.1, 0.15) is 5.82 Å². The fourth-order valence-electron chi connectivity index (χ4n) is 3.18. The number of aromatic nitrogens is 4. The second-order valence-corrected chi connectivity index (χ2v) is 6.57. The Hall–Kier alpha value is -2.60. The molecule has 2 aromatic heterocycles. The van der Waals surface area contributed by atoms with E-state index in [1.807, 2.05) is 28.8 Å². The zero-order valence-corrected chi connectivity index (χ0v) is 15.6. The smallest absolute Gasteiger partial charge is 0.130 e. The number of nitrogens with one attached hydrogen (secondary N) is 1. The molecule has 25 heavy (non-hydrogen) atoms. The van der Waals surface area contributed by atoms with Crippen LogP contribution in [0.4, 0.5) is 5.82 Å². The number of rotatable bonds is 6. The molecule has 6 heteroatoms. The van der Waals surface area contributed by atoms with Gasteiger partial charge in [-0.3, -0.25) is 4.68 Å². The maximum Gasteiger partial charge on any atom is 0.130 e. The summed E-state index contributed by atoms with van der Waals surface area (Å²) < 4.78 is 3.95. The summed E-state index contributed by atoms with van der Waals surface area (Å²) in [6.45, 7) is 5.04. The Morgan fingerprint density at radius 2 is 1.92 bits per heavy atom. The van der Waals surface area contributed by atoms with Crippen molar-refractivity contribution < 1.29 is 0 Å². The maximum atomic E-state index is 4.55. The number of anilines is 1. The van der Waals surface area contributed by atoms with E-state index in [0.29, 0.717) is 0 Å². The molecule has 2 heterocycles. The second kappa shape index (κ2) is 7.11. The highest BCUT2D eigenvalue weighted by Crippen LogP contribution is 2.23. The molecular weight excluding hydrogens is 312 g/mol. The van der Waals surface area contributed by atoms with Gasteiger partial charge in [-0.2, -0.15) is 5.10 Å². The maximum absolute atomic E-state index is 4.55. The zero-order valence-electron chi connectivity index (χ0n) is 15.6. The van der Waals surface area contributed by atoms with Crippen LogP contribution in [0.1, 0.15) is 29.8 Å². The molecule has 0 saturated carbocycles. The Balaban J connectivity index is 1.70. The third kappa shape index (κ3) is 3.58. The largest absolute Gasteiger partial charge is 0.363 e. The van der Waals surface area contributed by atoms with Gasteiger partial charge in [0.05, 0.1) is 12.0 Å². The van der Waals surface area contributed by atoms with Gasteiger partial charge in [0, 0.05) is 57.4 Å². The van der Waals surface area contributed by atoms with Crippen molar-refractivity contribution in [3.05, 3.63) is 59.8 Å². The van der Waals surface area contributed by atoms with E-state index in [0.717, 1.165) is 23.7 Å². The summed E-state index contributed by atoms with van der Waals surface area (Å²) in [6, 6.07) is 8.82. The van der Waals surface area contributed by atoms with E-state index in [4.69, 9.17) is 0 Å². The Labute approximate surface area is 149 Å². The average molecular weight is 338 g/mol. The standard InChI is InChI=1S/C19H26N6/c1-14(16-6-8-17(9-7-16)25-11-10-20-13-25)21-12-18-15(2)22-24(5)19(18)23(3)4/h6-11,13-14,21H,12H2,1-5H3/t14-/m1/s1. The van der Waals surface area contributed by atoms with E-state index in [2.05, 4.69) is 72.5 Å². The molecule has 0 saturated heterocycles. The van der Waals surface area contributed by atoms with Crippen LogP contribution in [0.2, 0.25) is 0 Å². The van der Waals surface area contributed by atoms with E-state index in [1.165, 1.54) is 11.1 Å². The third-order valence-corrected chi connectivity index (χ3v) is 4.52. The first-order valence-corrected chi connectivity index (χ1v) is 8.49. The van der Waals surface area contributed by atoms with E-state index in [-0.39, 0.29) is 6.04 Å². The molecule has 0 radical (unpaired) electrons. The van der Waals surface area contributed by atoms with Crippen molar-refractivity contribution >= 4 is 5.82 Å². The van der Waals surface area contributed by atoms with Crippen LogP contribution in [0.3, 0.4) is 0 Å². The van der Waals surface area contributed by atoms with Crippen molar-refractivity contribution in [1.82, 2.24) is 24.6 Å². The lowest BCUT2D eigenvalue weighted by Gasteiger charge is -2.18. The molecule has 0 aliphatic carbocycles. The van der Waals surface area contributed by atoms with Gasteiger partial charge in [-0.25, -0.2) is 4.98 Å². The molecule has 1 aromatic carbocycles. The van der Waals surface area contributed by atoms with Gasteiger partial charge in [0.15, 0.2) is 0 Å².